The molecule has 0 saturated carbocycles. The third-order valence-electron chi connectivity index (χ3n) is 2.27. The van der Waals surface area contributed by atoms with Crippen molar-refractivity contribution in [3.05, 3.63) is 24.3 Å². The van der Waals surface area contributed by atoms with E-state index in [4.69, 9.17) is 0 Å². The molecule has 0 aromatic carbocycles. The topological polar surface area (TPSA) is 51.2 Å². The molecule has 3 nitrogen and oxygen atoms in total. The molecule has 0 unspecified atom stereocenters. The molecule has 0 fully saturated rings. The zero-order valence-corrected chi connectivity index (χ0v) is 13.9. The first-order chi connectivity index (χ1) is 10.2. The molecule has 0 aliphatic carbocycles. The molecule has 21 heavy (non-hydrogen) atoms. The molecule has 0 saturated heterocycles. The van der Waals surface area contributed by atoms with Gasteiger partial charge in [0, 0.05) is 6.42 Å². The Morgan fingerprint density at radius 3 is 1.38 bits per heavy atom. The first kappa shape index (κ1) is 24.5. The zero-order valence-electron chi connectivity index (χ0n) is 13.9. The van der Waals surface area contributed by atoms with Crippen LogP contribution in [0, 0.1) is 0 Å². The zero-order chi connectivity index (χ0) is 16.6. The van der Waals surface area contributed by atoms with Gasteiger partial charge in [-0.25, -0.2) is 0 Å². The van der Waals surface area contributed by atoms with Gasteiger partial charge in [-0.3, -0.25) is 9.59 Å². The predicted molar refractivity (Wildman–Crippen MR) is 90.4 cm³/mol. The molecule has 0 aromatic rings. The van der Waals surface area contributed by atoms with Gasteiger partial charge in [-0.15, -0.1) is 0 Å². The van der Waals surface area contributed by atoms with Crippen molar-refractivity contribution in [3.8, 4) is 0 Å². The lowest BCUT2D eigenvalue weighted by molar-refractivity contribution is -0.108. The van der Waals surface area contributed by atoms with Crippen LogP contribution in [0.2, 0.25) is 0 Å². The van der Waals surface area contributed by atoms with Gasteiger partial charge in [0.2, 0.25) is 0 Å². The Morgan fingerprint density at radius 2 is 1.10 bits per heavy atom. The number of unbranched alkanes of at least 4 members (excludes halogenated alkanes) is 5. The molecule has 0 atom stereocenters. The predicted octanol–water partition coefficient (Wildman–Crippen LogP) is 4.85. The highest BCUT2D eigenvalue weighted by Crippen LogP contribution is 1.94. The fourth-order valence-corrected chi connectivity index (χ4v) is 1.11. The maximum absolute atomic E-state index is 9.68. The third-order valence-corrected chi connectivity index (χ3v) is 2.27. The average Bonchev–Trinajstić information content (AvgIpc) is 2.50. The van der Waals surface area contributed by atoms with Crippen molar-refractivity contribution in [2.24, 2.45) is 0 Å². The largest absolute Gasteiger partial charge is 0.303 e. The van der Waals surface area contributed by atoms with Crippen LogP contribution in [0.3, 0.4) is 0 Å². The summed E-state index contributed by atoms with van der Waals surface area (Å²) < 4.78 is 0. The second-order valence-corrected chi connectivity index (χ2v) is 4.37. The lowest BCUT2D eigenvalue weighted by atomic mass is 10.2. The second-order valence-electron chi connectivity index (χ2n) is 4.37. The summed E-state index contributed by atoms with van der Waals surface area (Å²) in [4.78, 5) is 28.9. The number of allylic oxidation sites excluding steroid dienone is 4. The molecule has 0 aliphatic rings. The van der Waals surface area contributed by atoms with Crippen LogP contribution >= 0.6 is 0 Å². The van der Waals surface area contributed by atoms with Gasteiger partial charge in [-0.2, -0.15) is 0 Å². The molecule has 0 aromatic heterocycles. The van der Waals surface area contributed by atoms with Crippen molar-refractivity contribution in [2.75, 3.05) is 0 Å². The molecular formula is C18H32O3. The molecule has 0 rings (SSSR count). The van der Waals surface area contributed by atoms with E-state index in [2.05, 4.69) is 20.8 Å². The summed E-state index contributed by atoms with van der Waals surface area (Å²) in [5.41, 5.74) is 0. The number of rotatable bonds is 10. The van der Waals surface area contributed by atoms with Crippen molar-refractivity contribution in [1.29, 1.82) is 0 Å². The first-order valence-electron chi connectivity index (χ1n) is 7.89. The smallest absolute Gasteiger partial charge is 0.142 e. The van der Waals surface area contributed by atoms with Gasteiger partial charge in [0.1, 0.15) is 18.9 Å². The van der Waals surface area contributed by atoms with E-state index < -0.39 is 0 Å². The summed E-state index contributed by atoms with van der Waals surface area (Å²) in [6.45, 7) is 6.29. The van der Waals surface area contributed by atoms with E-state index in [1.165, 1.54) is 25.0 Å². The standard InChI is InChI=1S/C6H12O.2C6H10O/c3*1-2-3-4-5-6-7/h6H,2-5H2,1H3;2*4-6H,2-3H2,1H3. The Morgan fingerprint density at radius 1 is 0.619 bits per heavy atom. The summed E-state index contributed by atoms with van der Waals surface area (Å²) in [6.07, 6.45) is 17.8. The number of hydrogen-bond acceptors (Lipinski definition) is 3. The molecule has 122 valence electrons. The van der Waals surface area contributed by atoms with Crippen molar-refractivity contribution < 1.29 is 14.4 Å². The quantitative estimate of drug-likeness (QED) is 0.329. The van der Waals surface area contributed by atoms with E-state index in [0.29, 0.717) is 0 Å². The number of carbonyl (C=O) groups excluding carboxylic acids is 3. The minimum atomic E-state index is 0.744. The fourth-order valence-electron chi connectivity index (χ4n) is 1.11. The maximum Gasteiger partial charge on any atom is 0.142 e. The molecule has 0 amide bonds. The number of aldehydes is 3. The maximum atomic E-state index is 9.68. The van der Waals surface area contributed by atoms with Crippen molar-refractivity contribution in [1.82, 2.24) is 0 Å². The van der Waals surface area contributed by atoms with Gasteiger partial charge in [0.25, 0.3) is 0 Å². The van der Waals surface area contributed by atoms with Gasteiger partial charge >= 0.3 is 0 Å². The Bertz CT molecular complexity index is 235. The Labute approximate surface area is 130 Å². The van der Waals surface area contributed by atoms with Gasteiger partial charge in [-0.1, -0.05) is 58.6 Å². The normalized spacial score (nSPS) is 9.48. The molecule has 0 N–H and O–H groups in total. The number of carbonyl (C=O) groups is 3. The van der Waals surface area contributed by atoms with E-state index in [1.54, 1.807) is 0 Å². The lowest BCUT2D eigenvalue weighted by Crippen LogP contribution is -1.73. The lowest BCUT2D eigenvalue weighted by Gasteiger charge is -1.85. The summed E-state index contributed by atoms with van der Waals surface area (Å²) >= 11 is 0. The number of hydrogen-bond donors (Lipinski definition) is 0. The second kappa shape index (κ2) is 31.1. The minimum absolute atomic E-state index is 0.744. The van der Waals surface area contributed by atoms with Crippen molar-refractivity contribution in [3.63, 3.8) is 0 Å². The highest BCUT2D eigenvalue weighted by molar-refractivity contribution is 5.64. The van der Waals surface area contributed by atoms with Crippen LogP contribution < -0.4 is 0 Å². The van der Waals surface area contributed by atoms with E-state index in [0.717, 1.165) is 57.4 Å². The van der Waals surface area contributed by atoms with Crippen LogP contribution in [0.1, 0.15) is 72.1 Å². The molecule has 0 radical (unpaired) electrons. The molecule has 0 heterocycles. The molecular weight excluding hydrogens is 264 g/mol. The Kier molecular flexibility index (Phi) is 36.3. The summed E-state index contributed by atoms with van der Waals surface area (Å²) in [5, 5.41) is 0. The fraction of sp³-hybridized carbons (Fsp3) is 0.611. The van der Waals surface area contributed by atoms with Crippen LogP contribution in [0.15, 0.2) is 24.3 Å². The van der Waals surface area contributed by atoms with Gasteiger partial charge in [0.05, 0.1) is 0 Å². The average molecular weight is 296 g/mol. The summed E-state index contributed by atoms with van der Waals surface area (Å²) in [6, 6.07) is 0. The summed E-state index contributed by atoms with van der Waals surface area (Å²) in [5.74, 6) is 0. The van der Waals surface area contributed by atoms with Crippen LogP contribution in [-0.4, -0.2) is 18.9 Å². The van der Waals surface area contributed by atoms with Crippen LogP contribution in [0.25, 0.3) is 0 Å². The van der Waals surface area contributed by atoms with E-state index in [-0.39, 0.29) is 0 Å². The van der Waals surface area contributed by atoms with Crippen LogP contribution in [0.4, 0.5) is 0 Å². The van der Waals surface area contributed by atoms with E-state index in [1.807, 2.05) is 12.2 Å². The van der Waals surface area contributed by atoms with Gasteiger partial charge in [0.15, 0.2) is 0 Å². The SMILES string of the molecule is CCCC=CC=O.CCCC=CC=O.CCCCCC=O. The highest BCUT2D eigenvalue weighted by Gasteiger charge is 1.80. The molecule has 0 aliphatic heterocycles. The van der Waals surface area contributed by atoms with Gasteiger partial charge < -0.3 is 4.79 Å². The van der Waals surface area contributed by atoms with Crippen LogP contribution in [-0.2, 0) is 14.4 Å². The monoisotopic (exact) mass is 296 g/mol. The first-order valence-corrected chi connectivity index (χ1v) is 7.89. The van der Waals surface area contributed by atoms with Crippen molar-refractivity contribution >= 4 is 18.9 Å². The summed E-state index contributed by atoms with van der Waals surface area (Å²) in [7, 11) is 0. The molecule has 3 heteroatoms. The minimum Gasteiger partial charge on any atom is -0.303 e. The van der Waals surface area contributed by atoms with Crippen molar-refractivity contribution in [2.45, 2.75) is 72.1 Å². The van der Waals surface area contributed by atoms with Crippen LogP contribution in [0.5, 0.6) is 0 Å². The Hall–Kier alpha value is -1.51. The van der Waals surface area contributed by atoms with E-state index >= 15 is 0 Å². The van der Waals surface area contributed by atoms with Gasteiger partial charge in [-0.05, 0) is 31.4 Å². The van der Waals surface area contributed by atoms with E-state index in [9.17, 15) is 14.4 Å². The Balaban J connectivity index is -0.000000231. The highest BCUT2D eigenvalue weighted by atomic mass is 16.1. The third kappa shape index (κ3) is 45.7. The molecule has 0 bridgehead atoms. The molecule has 0 spiro atoms.